The van der Waals surface area contributed by atoms with Crippen LogP contribution in [-0.2, 0) is 6.54 Å². The van der Waals surface area contributed by atoms with E-state index in [-0.39, 0.29) is 0 Å². The zero-order chi connectivity index (χ0) is 9.52. The van der Waals surface area contributed by atoms with Crippen molar-refractivity contribution in [2.75, 3.05) is 6.54 Å². The fourth-order valence-electron chi connectivity index (χ4n) is 0.991. The van der Waals surface area contributed by atoms with Gasteiger partial charge in [0, 0.05) is 23.6 Å². The lowest BCUT2D eigenvalue weighted by atomic mass is 10.2. The third kappa shape index (κ3) is 4.32. The number of nitrogens with one attached hydrogen (secondary N) is 1. The van der Waals surface area contributed by atoms with Gasteiger partial charge in [0.25, 0.3) is 0 Å². The Morgan fingerprint density at radius 3 is 2.92 bits per heavy atom. The summed E-state index contributed by atoms with van der Waals surface area (Å²) < 4.78 is 0. The van der Waals surface area contributed by atoms with Crippen molar-refractivity contribution in [3.8, 4) is 0 Å². The van der Waals surface area contributed by atoms with E-state index in [9.17, 15) is 0 Å². The quantitative estimate of drug-likeness (QED) is 0.762. The summed E-state index contributed by atoms with van der Waals surface area (Å²) in [7, 11) is 0. The van der Waals surface area contributed by atoms with Gasteiger partial charge in [0.2, 0.25) is 0 Å². The summed E-state index contributed by atoms with van der Waals surface area (Å²) >= 11 is 11.2. The van der Waals surface area contributed by atoms with Crippen LogP contribution in [0.3, 0.4) is 0 Å². The summed E-state index contributed by atoms with van der Waals surface area (Å²) in [6.07, 6.45) is 1.85. The highest BCUT2D eigenvalue weighted by Crippen LogP contribution is 2.09. The number of hydrogen-bond acceptors (Lipinski definition) is 1. The average Bonchev–Trinajstić information content (AvgIpc) is 2.13. The van der Waals surface area contributed by atoms with Gasteiger partial charge in [-0.1, -0.05) is 41.4 Å². The first kappa shape index (κ1) is 10.6. The highest BCUT2D eigenvalue weighted by molar-refractivity contribution is 6.30. The molecule has 0 spiro atoms. The van der Waals surface area contributed by atoms with E-state index in [4.69, 9.17) is 23.2 Å². The molecular formula is C10H11Cl2N. The van der Waals surface area contributed by atoms with Crippen LogP contribution in [0, 0.1) is 0 Å². The normalized spacial score (nSPS) is 10.9. The van der Waals surface area contributed by atoms with E-state index in [0.29, 0.717) is 0 Å². The summed E-state index contributed by atoms with van der Waals surface area (Å²) in [5.41, 5.74) is 2.68. The minimum Gasteiger partial charge on any atom is -0.309 e. The molecule has 0 heterocycles. The van der Waals surface area contributed by atoms with Crippen molar-refractivity contribution < 1.29 is 0 Å². The molecule has 1 aromatic rings. The predicted molar refractivity (Wildman–Crippen MR) is 58.2 cm³/mol. The molecule has 0 unspecified atom stereocenters. The second-order valence-electron chi connectivity index (χ2n) is 2.62. The molecule has 0 aliphatic rings. The van der Waals surface area contributed by atoms with Gasteiger partial charge in [-0.05, 0) is 17.7 Å². The Hall–Kier alpha value is -0.500. The third-order valence-electron chi connectivity index (χ3n) is 1.57. The van der Waals surface area contributed by atoms with Crippen molar-refractivity contribution in [1.29, 1.82) is 0 Å². The topological polar surface area (TPSA) is 12.0 Å². The Kier molecular flexibility index (Phi) is 4.91. The molecule has 0 radical (unpaired) electrons. The van der Waals surface area contributed by atoms with Gasteiger partial charge in [-0.2, -0.15) is 0 Å². The van der Waals surface area contributed by atoms with Crippen LogP contribution in [0.5, 0.6) is 0 Å². The zero-order valence-electron chi connectivity index (χ0n) is 7.13. The van der Waals surface area contributed by atoms with E-state index >= 15 is 0 Å². The first-order valence-electron chi connectivity index (χ1n) is 4.03. The predicted octanol–water partition coefficient (Wildman–Crippen LogP) is 3.18. The van der Waals surface area contributed by atoms with Crippen LogP contribution >= 0.6 is 23.2 Å². The first-order chi connectivity index (χ1) is 6.33. The third-order valence-corrected chi connectivity index (χ3v) is 1.98. The highest BCUT2D eigenvalue weighted by Gasteiger charge is 1.91. The molecule has 1 N–H and O–H groups in total. The largest absolute Gasteiger partial charge is 0.309 e. The van der Waals surface area contributed by atoms with Crippen LogP contribution in [0.2, 0.25) is 5.02 Å². The van der Waals surface area contributed by atoms with E-state index < -0.39 is 0 Å². The van der Waals surface area contributed by atoms with Crippen LogP contribution in [-0.4, -0.2) is 6.54 Å². The van der Waals surface area contributed by atoms with Crippen LogP contribution < -0.4 is 5.32 Å². The van der Waals surface area contributed by atoms with Crippen molar-refractivity contribution in [2.45, 2.75) is 6.54 Å². The molecule has 0 saturated heterocycles. The standard InChI is InChI=1S/C10H11Cl2N/c11-5-2-6-13-8-9-3-1-4-10(12)7-9/h1-5,7,13H,6,8H2/b5-2+. The zero-order valence-corrected chi connectivity index (χ0v) is 8.65. The average molecular weight is 216 g/mol. The molecule has 13 heavy (non-hydrogen) atoms. The fraction of sp³-hybridized carbons (Fsp3) is 0.200. The van der Waals surface area contributed by atoms with E-state index in [0.717, 1.165) is 18.1 Å². The lowest BCUT2D eigenvalue weighted by Gasteiger charge is -2.01. The lowest BCUT2D eigenvalue weighted by molar-refractivity contribution is 0.760. The van der Waals surface area contributed by atoms with E-state index in [2.05, 4.69) is 5.32 Å². The summed E-state index contributed by atoms with van der Waals surface area (Å²) in [6, 6.07) is 7.78. The second kappa shape index (κ2) is 6.03. The molecule has 0 aliphatic heterocycles. The molecule has 1 aromatic carbocycles. The number of halogens is 2. The number of hydrogen-bond donors (Lipinski definition) is 1. The summed E-state index contributed by atoms with van der Waals surface area (Å²) in [5, 5.41) is 3.97. The molecule has 0 bridgehead atoms. The monoisotopic (exact) mass is 215 g/mol. The Bertz CT molecular complexity index is 284. The van der Waals surface area contributed by atoms with Crippen LogP contribution in [0.25, 0.3) is 0 Å². The Morgan fingerprint density at radius 2 is 2.23 bits per heavy atom. The summed E-state index contributed by atoms with van der Waals surface area (Å²) in [4.78, 5) is 0. The minimum absolute atomic E-state index is 0.771. The van der Waals surface area contributed by atoms with Gasteiger partial charge in [0.1, 0.15) is 0 Å². The molecule has 0 saturated carbocycles. The molecule has 0 amide bonds. The van der Waals surface area contributed by atoms with Crippen LogP contribution in [0.4, 0.5) is 0 Å². The van der Waals surface area contributed by atoms with Gasteiger partial charge in [0.15, 0.2) is 0 Å². The lowest BCUT2D eigenvalue weighted by Crippen LogP contribution is -2.12. The van der Waals surface area contributed by atoms with Gasteiger partial charge in [-0.25, -0.2) is 0 Å². The number of benzene rings is 1. The maximum absolute atomic E-state index is 5.82. The smallest absolute Gasteiger partial charge is 0.0409 e. The molecule has 0 aromatic heterocycles. The molecule has 1 rings (SSSR count). The van der Waals surface area contributed by atoms with Crippen molar-refractivity contribution in [3.05, 3.63) is 46.5 Å². The summed E-state index contributed by atoms with van der Waals surface area (Å²) in [6.45, 7) is 1.58. The maximum atomic E-state index is 5.82. The van der Waals surface area contributed by atoms with Crippen LogP contribution in [0.1, 0.15) is 5.56 Å². The molecule has 70 valence electrons. The van der Waals surface area contributed by atoms with Gasteiger partial charge in [-0.15, -0.1) is 0 Å². The summed E-state index contributed by atoms with van der Waals surface area (Å²) in [5.74, 6) is 0. The minimum atomic E-state index is 0.771. The molecule has 3 heteroatoms. The molecule has 0 aliphatic carbocycles. The molecule has 0 atom stereocenters. The Balaban J connectivity index is 2.36. The highest BCUT2D eigenvalue weighted by atomic mass is 35.5. The van der Waals surface area contributed by atoms with E-state index in [1.54, 1.807) is 0 Å². The molecule has 0 fully saturated rings. The van der Waals surface area contributed by atoms with Gasteiger partial charge in [0.05, 0.1) is 0 Å². The van der Waals surface area contributed by atoms with Crippen molar-refractivity contribution in [1.82, 2.24) is 5.32 Å². The SMILES string of the molecule is Cl/C=C/CNCc1cccc(Cl)c1. The Labute approximate surface area is 88.4 Å². The van der Waals surface area contributed by atoms with Crippen LogP contribution in [0.15, 0.2) is 35.9 Å². The second-order valence-corrected chi connectivity index (χ2v) is 3.31. The molecular weight excluding hydrogens is 205 g/mol. The molecule has 1 nitrogen and oxygen atoms in total. The van der Waals surface area contributed by atoms with Crippen molar-refractivity contribution >= 4 is 23.2 Å². The van der Waals surface area contributed by atoms with Gasteiger partial charge < -0.3 is 5.32 Å². The van der Waals surface area contributed by atoms with Crippen molar-refractivity contribution in [3.63, 3.8) is 0 Å². The first-order valence-corrected chi connectivity index (χ1v) is 4.85. The number of rotatable bonds is 4. The fourth-order valence-corrected chi connectivity index (χ4v) is 1.29. The van der Waals surface area contributed by atoms with E-state index in [1.807, 2.05) is 30.3 Å². The van der Waals surface area contributed by atoms with Gasteiger partial charge >= 0.3 is 0 Å². The maximum Gasteiger partial charge on any atom is 0.0409 e. The Morgan fingerprint density at radius 1 is 1.38 bits per heavy atom. The van der Waals surface area contributed by atoms with Crippen molar-refractivity contribution in [2.24, 2.45) is 0 Å². The van der Waals surface area contributed by atoms with Gasteiger partial charge in [-0.3, -0.25) is 0 Å². The van der Waals surface area contributed by atoms with E-state index in [1.165, 1.54) is 11.1 Å².